The van der Waals surface area contributed by atoms with E-state index in [4.69, 9.17) is 10.1 Å². The number of carbonyl (C=O) groups is 1. The summed E-state index contributed by atoms with van der Waals surface area (Å²) < 4.78 is 2.74. The van der Waals surface area contributed by atoms with E-state index in [1.807, 2.05) is 17.5 Å². The predicted molar refractivity (Wildman–Crippen MR) is 153 cm³/mol. The van der Waals surface area contributed by atoms with Crippen LogP contribution < -0.4 is 0 Å². The number of nitrogens with zero attached hydrogens (tertiary/aromatic N) is 1. The third kappa shape index (κ3) is 6.39. The Kier molecular flexibility index (Phi) is 9.86. The Balaban J connectivity index is 0.000000422. The monoisotopic (exact) mass is 691 g/mol. The molecule has 0 unspecified atom stereocenters. The Morgan fingerprint density at radius 3 is 2.43 bits per heavy atom. The second-order valence-electron chi connectivity index (χ2n) is 10.4. The van der Waals surface area contributed by atoms with E-state index in [0.29, 0.717) is 11.8 Å². The van der Waals surface area contributed by atoms with Crippen LogP contribution in [0.25, 0.3) is 31.4 Å². The molecule has 1 aliphatic carbocycles. The van der Waals surface area contributed by atoms with Crippen LogP contribution in [-0.2, 0) is 37.7 Å². The molecule has 197 valence electrons. The van der Waals surface area contributed by atoms with E-state index in [1.165, 1.54) is 71.3 Å². The van der Waals surface area contributed by atoms with Gasteiger partial charge in [-0.1, -0.05) is 27.7 Å². The van der Waals surface area contributed by atoms with Crippen molar-refractivity contribution in [2.24, 2.45) is 0 Å². The molecule has 0 fully saturated rings. The average Bonchev–Trinajstić information content (AvgIpc) is 3.20. The number of allylic oxidation sites excluding steroid dienone is 2. The van der Waals surface area contributed by atoms with Gasteiger partial charge in [0.25, 0.3) is 0 Å². The molecule has 5 heteroatoms. The van der Waals surface area contributed by atoms with Gasteiger partial charge < -0.3 is 10.1 Å². The van der Waals surface area contributed by atoms with Crippen LogP contribution in [0.1, 0.15) is 88.5 Å². The van der Waals surface area contributed by atoms with Crippen molar-refractivity contribution in [3.8, 4) is 11.3 Å². The minimum absolute atomic E-state index is 0. The molecule has 3 nitrogen and oxygen atoms in total. The van der Waals surface area contributed by atoms with Crippen molar-refractivity contribution < 1.29 is 30.0 Å². The molecule has 2 aromatic heterocycles. The van der Waals surface area contributed by atoms with Crippen LogP contribution in [0.5, 0.6) is 0 Å². The second kappa shape index (κ2) is 12.5. The number of benzene rings is 2. The Hall–Kier alpha value is -2.33. The van der Waals surface area contributed by atoms with E-state index >= 15 is 0 Å². The summed E-state index contributed by atoms with van der Waals surface area (Å²) in [6.07, 6.45) is 8.27. The first-order valence-corrected chi connectivity index (χ1v) is 13.7. The van der Waals surface area contributed by atoms with Gasteiger partial charge in [-0.25, -0.2) is 0 Å². The van der Waals surface area contributed by atoms with Crippen molar-refractivity contribution >= 4 is 37.3 Å². The maximum atomic E-state index is 10.0. The van der Waals surface area contributed by atoms with Crippen LogP contribution in [0.15, 0.2) is 48.4 Å². The summed E-state index contributed by atoms with van der Waals surface area (Å²) >= 11 is 1.92. The number of aryl methyl sites for hydroxylation is 1. The van der Waals surface area contributed by atoms with E-state index in [0.717, 1.165) is 11.3 Å². The first-order chi connectivity index (χ1) is 17.2. The van der Waals surface area contributed by atoms with E-state index in [2.05, 4.69) is 64.1 Å². The summed E-state index contributed by atoms with van der Waals surface area (Å²) in [7, 11) is 0. The molecule has 1 aliphatic rings. The van der Waals surface area contributed by atoms with Gasteiger partial charge >= 0.3 is 0 Å². The molecule has 1 radical (unpaired) electrons. The minimum Gasteiger partial charge on any atom is -0.512 e. The second-order valence-corrected chi connectivity index (χ2v) is 11.4. The number of ketones is 1. The third-order valence-electron chi connectivity index (χ3n) is 6.78. The summed E-state index contributed by atoms with van der Waals surface area (Å²) in [5.41, 5.74) is 8.34. The summed E-state index contributed by atoms with van der Waals surface area (Å²) in [5.74, 6) is 0.979. The van der Waals surface area contributed by atoms with Gasteiger partial charge in [0.2, 0.25) is 0 Å². The maximum Gasteiger partial charge on any atom is 0.155 e. The molecule has 0 spiro atoms. The van der Waals surface area contributed by atoms with Gasteiger partial charge in [-0.2, -0.15) is 0 Å². The fraction of sp³-hybridized carbons (Fsp3) is 0.375. The largest absolute Gasteiger partial charge is 0.512 e. The van der Waals surface area contributed by atoms with Crippen LogP contribution in [0.4, 0.5) is 0 Å². The van der Waals surface area contributed by atoms with Crippen LogP contribution in [0, 0.1) is 6.07 Å². The van der Waals surface area contributed by atoms with Gasteiger partial charge in [0.1, 0.15) is 0 Å². The topological polar surface area (TPSA) is 50.2 Å². The van der Waals surface area contributed by atoms with Gasteiger partial charge in [-0.3, -0.25) is 4.79 Å². The predicted octanol–water partition coefficient (Wildman–Crippen LogP) is 9.08. The molecule has 0 amide bonds. The molecule has 0 aliphatic heterocycles. The zero-order chi connectivity index (χ0) is 26.0. The zero-order valence-corrected chi connectivity index (χ0v) is 25.8. The fourth-order valence-corrected chi connectivity index (χ4v) is 6.51. The number of hydrogen-bond acceptors (Lipinski definition) is 4. The van der Waals surface area contributed by atoms with Gasteiger partial charge in [-0.15, -0.1) is 46.7 Å². The normalized spacial score (nSPS) is 13.4. The molecular formula is C32H36IrNO2S-. The number of rotatable bonds is 4. The number of fused-ring (bicyclic) bond motifs is 4. The van der Waals surface area contributed by atoms with Crippen molar-refractivity contribution in [2.45, 2.75) is 79.1 Å². The number of aliphatic hydroxyl groups excluding tert-OH is 1. The van der Waals surface area contributed by atoms with Crippen LogP contribution in [0.3, 0.4) is 0 Å². The molecule has 0 saturated heterocycles. The summed E-state index contributed by atoms with van der Waals surface area (Å²) in [6, 6.07) is 14.7. The third-order valence-corrected chi connectivity index (χ3v) is 7.94. The zero-order valence-electron chi connectivity index (χ0n) is 22.6. The number of pyridine rings is 1. The van der Waals surface area contributed by atoms with Gasteiger partial charge in [-0.05, 0) is 85.6 Å². The molecule has 1 N–H and O–H groups in total. The van der Waals surface area contributed by atoms with E-state index in [1.54, 1.807) is 16.7 Å². The van der Waals surface area contributed by atoms with Crippen molar-refractivity contribution in [1.29, 1.82) is 0 Å². The smallest absolute Gasteiger partial charge is 0.155 e. The van der Waals surface area contributed by atoms with Crippen molar-refractivity contribution in [1.82, 2.24) is 4.98 Å². The van der Waals surface area contributed by atoms with Gasteiger partial charge in [0.15, 0.2) is 5.78 Å². The molecule has 4 aromatic rings. The first-order valence-electron chi connectivity index (χ1n) is 12.9. The fourth-order valence-electron chi connectivity index (χ4n) is 5.23. The molecular weight excluding hydrogens is 655 g/mol. The number of aromatic nitrogens is 1. The molecule has 2 aromatic carbocycles. The first kappa shape index (κ1) is 29.2. The molecule has 37 heavy (non-hydrogen) atoms. The molecule has 0 saturated carbocycles. The quantitative estimate of drug-likeness (QED) is 0.132. The van der Waals surface area contributed by atoms with Crippen LogP contribution >= 0.6 is 11.3 Å². The van der Waals surface area contributed by atoms with Gasteiger partial charge in [0, 0.05) is 52.9 Å². The summed E-state index contributed by atoms with van der Waals surface area (Å²) in [6.45, 7) is 12.0. The maximum absolute atomic E-state index is 10.0. The average molecular weight is 691 g/mol. The SMILES string of the molecule is CC(=O)/C=C(/C)O.CC(C)c1cc[c-]c(-c2nccc3c2sc2cc4c(c(C(C)C)c23)CCCC4)c1.[Ir]. The van der Waals surface area contributed by atoms with E-state index in [9.17, 15) is 4.79 Å². The number of carbonyl (C=O) groups excluding carboxylic acids is 1. The Morgan fingerprint density at radius 2 is 1.81 bits per heavy atom. The van der Waals surface area contributed by atoms with Gasteiger partial charge in [0.05, 0.1) is 5.76 Å². The van der Waals surface area contributed by atoms with E-state index in [-0.39, 0.29) is 31.6 Å². The van der Waals surface area contributed by atoms with Crippen LogP contribution in [-0.4, -0.2) is 15.9 Å². The minimum atomic E-state index is -0.125. The Bertz CT molecular complexity index is 1440. The summed E-state index contributed by atoms with van der Waals surface area (Å²) in [5, 5.41) is 11.2. The number of hydrogen-bond donors (Lipinski definition) is 1. The Morgan fingerprint density at radius 1 is 1.08 bits per heavy atom. The standard InChI is InChI=1S/C27H28NS.C5H8O2.Ir/c1-16(2)18-9-7-10-20(14-18)26-27-22(12-13-28-26)25-23(29-27)15-19-8-5-6-11-21(19)24(25)17(3)4;1-4(6)3-5(2)7;/h7,9,12-17H,5-6,8,11H2,1-4H3;3,6H,1-2H3;/q-1;;/b;4-3-;. The molecule has 0 bridgehead atoms. The summed E-state index contributed by atoms with van der Waals surface area (Å²) in [4.78, 5) is 14.8. The number of thiophene rings is 1. The molecule has 2 heterocycles. The van der Waals surface area contributed by atoms with E-state index < -0.39 is 0 Å². The van der Waals surface area contributed by atoms with Crippen molar-refractivity contribution in [2.75, 3.05) is 0 Å². The molecule has 0 atom stereocenters. The number of aliphatic hydroxyl groups is 1. The molecule has 5 rings (SSSR count). The van der Waals surface area contributed by atoms with Crippen LogP contribution in [0.2, 0.25) is 0 Å². The van der Waals surface area contributed by atoms with Crippen molar-refractivity contribution in [3.05, 3.63) is 76.7 Å². The van der Waals surface area contributed by atoms with Crippen molar-refractivity contribution in [3.63, 3.8) is 0 Å². The Labute approximate surface area is 238 Å².